The van der Waals surface area contributed by atoms with Crippen LogP contribution in [0.1, 0.15) is 40.0 Å². The van der Waals surface area contributed by atoms with Crippen molar-refractivity contribution in [2.24, 2.45) is 34.5 Å². The largest absolute Gasteiger partial charge is 0.469 e. The fourth-order valence-electron chi connectivity index (χ4n) is 7.20. The minimum Gasteiger partial charge on any atom is -0.469 e. The number of carbonyl (C=O) groups is 2. The highest BCUT2D eigenvalue weighted by atomic mass is 19.1. The van der Waals surface area contributed by atoms with Crippen molar-refractivity contribution in [2.75, 3.05) is 7.11 Å². The molecule has 6 heteroatoms. The number of ether oxygens (including phenoxy) is 1. The van der Waals surface area contributed by atoms with E-state index >= 15 is 8.78 Å². The normalized spacial score (nSPS) is 52.4. The number of hydrogen-bond acceptors (Lipinski definition) is 4. The Morgan fingerprint density at radius 3 is 2.61 bits per heavy atom. The molecule has 0 aromatic rings. The van der Waals surface area contributed by atoms with Gasteiger partial charge in [-0.2, -0.15) is 0 Å². The van der Waals surface area contributed by atoms with Crippen LogP contribution in [-0.2, 0) is 14.3 Å². The maximum atomic E-state index is 16.8. The van der Waals surface area contributed by atoms with Gasteiger partial charge in [0.25, 0.3) is 0 Å². The molecule has 0 aromatic carbocycles. The second-order valence-corrected chi connectivity index (χ2v) is 9.66. The SMILES string of the molecule is COC(=O)[C@H]1[C@H](C)CC2C3C[C@H](F)C4=CC(=O)C=C[C@]4(C)C3(F)[C@@H](O)C[C@@]21C. The number of alkyl halides is 2. The maximum Gasteiger partial charge on any atom is 0.309 e. The summed E-state index contributed by atoms with van der Waals surface area (Å²) in [4.78, 5) is 24.3. The minimum absolute atomic E-state index is 0.0386. The van der Waals surface area contributed by atoms with Crippen molar-refractivity contribution in [1.29, 1.82) is 0 Å². The van der Waals surface area contributed by atoms with Crippen molar-refractivity contribution in [2.45, 2.75) is 58.0 Å². The molecule has 154 valence electrons. The minimum atomic E-state index is -2.09. The van der Waals surface area contributed by atoms with Crippen molar-refractivity contribution in [3.8, 4) is 0 Å². The zero-order valence-corrected chi connectivity index (χ0v) is 16.7. The van der Waals surface area contributed by atoms with Gasteiger partial charge in [0.2, 0.25) is 0 Å². The van der Waals surface area contributed by atoms with Crippen LogP contribution >= 0.6 is 0 Å². The second-order valence-electron chi connectivity index (χ2n) is 9.66. The van der Waals surface area contributed by atoms with Crippen LogP contribution in [0.2, 0.25) is 0 Å². The molecule has 0 amide bonds. The summed E-state index contributed by atoms with van der Waals surface area (Å²) in [5, 5.41) is 11.1. The lowest BCUT2D eigenvalue weighted by atomic mass is 9.45. The van der Waals surface area contributed by atoms with Gasteiger partial charge < -0.3 is 9.84 Å². The quantitative estimate of drug-likeness (QED) is 0.693. The Morgan fingerprint density at radius 2 is 1.96 bits per heavy atom. The van der Waals surface area contributed by atoms with E-state index in [0.29, 0.717) is 6.42 Å². The molecule has 0 saturated heterocycles. The fraction of sp³-hybridized carbons (Fsp3) is 0.727. The third-order valence-electron chi connectivity index (χ3n) is 8.42. The highest BCUT2D eigenvalue weighted by Gasteiger charge is 2.73. The summed E-state index contributed by atoms with van der Waals surface area (Å²) in [6.07, 6.45) is 1.69. The maximum absolute atomic E-state index is 16.8. The van der Waals surface area contributed by atoms with E-state index in [0.717, 1.165) is 0 Å². The summed E-state index contributed by atoms with van der Waals surface area (Å²) in [6, 6.07) is 0. The third-order valence-corrected chi connectivity index (χ3v) is 8.42. The van der Waals surface area contributed by atoms with Crippen molar-refractivity contribution in [1.82, 2.24) is 0 Å². The first-order valence-electron chi connectivity index (χ1n) is 10.0. The Balaban J connectivity index is 1.84. The number of rotatable bonds is 1. The average molecular weight is 394 g/mol. The standard InChI is InChI=1S/C22H28F2O4/c1-11-7-13-14-9-16(23)15-8-12(25)5-6-21(15,3)22(14,24)17(26)10-20(13,2)18(11)19(27)28-4/h5-6,8,11,13-14,16-18,26H,7,9-10H2,1-4H3/t11-,13?,14?,16+,17+,18-,20+,21+,22?/m1/s1. The molecule has 3 saturated carbocycles. The lowest BCUT2D eigenvalue weighted by molar-refractivity contribution is -0.204. The van der Waals surface area contributed by atoms with Crippen LogP contribution in [0, 0.1) is 34.5 Å². The predicted molar refractivity (Wildman–Crippen MR) is 98.7 cm³/mol. The summed E-state index contributed by atoms with van der Waals surface area (Å²) in [5.41, 5.74) is -4.00. The monoisotopic (exact) mass is 394 g/mol. The van der Waals surface area contributed by atoms with Crippen LogP contribution in [0.25, 0.3) is 0 Å². The van der Waals surface area contributed by atoms with Crippen molar-refractivity contribution in [3.63, 3.8) is 0 Å². The molecule has 4 nitrogen and oxygen atoms in total. The summed E-state index contributed by atoms with van der Waals surface area (Å²) < 4.78 is 37.1. The number of allylic oxidation sites excluding steroid dienone is 4. The van der Waals surface area contributed by atoms with Gasteiger partial charge >= 0.3 is 5.97 Å². The van der Waals surface area contributed by atoms with E-state index in [-0.39, 0.29) is 42.0 Å². The number of methoxy groups -OCH3 is 1. The molecular weight excluding hydrogens is 366 g/mol. The van der Waals surface area contributed by atoms with Crippen LogP contribution in [0.15, 0.2) is 23.8 Å². The summed E-state index contributed by atoms with van der Waals surface area (Å²) in [7, 11) is 1.34. The summed E-state index contributed by atoms with van der Waals surface area (Å²) in [6.45, 7) is 5.44. The Bertz CT molecular complexity index is 791. The van der Waals surface area contributed by atoms with Crippen molar-refractivity contribution >= 4 is 11.8 Å². The molecule has 3 unspecified atom stereocenters. The van der Waals surface area contributed by atoms with E-state index < -0.39 is 40.6 Å². The molecular formula is C22H28F2O4. The highest BCUT2D eigenvalue weighted by Crippen LogP contribution is 2.70. The van der Waals surface area contributed by atoms with E-state index in [1.165, 1.54) is 25.3 Å². The Hall–Kier alpha value is -1.56. The van der Waals surface area contributed by atoms with Gasteiger partial charge in [-0.1, -0.05) is 19.9 Å². The molecule has 4 aliphatic carbocycles. The van der Waals surface area contributed by atoms with E-state index in [1.807, 2.05) is 13.8 Å². The number of hydrogen-bond donors (Lipinski definition) is 1. The number of fused-ring (bicyclic) bond motifs is 5. The van der Waals surface area contributed by atoms with Gasteiger partial charge in [-0.3, -0.25) is 9.59 Å². The zero-order chi connectivity index (χ0) is 20.6. The average Bonchev–Trinajstić information content (AvgIpc) is 2.89. The van der Waals surface area contributed by atoms with Gasteiger partial charge in [-0.15, -0.1) is 0 Å². The predicted octanol–water partition coefficient (Wildman–Crippen LogP) is 3.34. The van der Waals surface area contributed by atoms with Gasteiger partial charge in [0, 0.05) is 11.3 Å². The van der Waals surface area contributed by atoms with Gasteiger partial charge in [0.05, 0.1) is 19.1 Å². The second kappa shape index (κ2) is 5.97. The van der Waals surface area contributed by atoms with E-state index in [9.17, 15) is 14.7 Å². The Kier molecular flexibility index (Phi) is 4.21. The molecule has 0 bridgehead atoms. The Labute approximate surface area is 164 Å². The third kappa shape index (κ3) is 2.18. The van der Waals surface area contributed by atoms with Crippen LogP contribution in [-0.4, -0.2) is 41.9 Å². The summed E-state index contributed by atoms with van der Waals surface area (Å²) >= 11 is 0. The van der Waals surface area contributed by atoms with E-state index in [4.69, 9.17) is 4.74 Å². The molecule has 4 rings (SSSR count). The fourth-order valence-corrected chi connectivity index (χ4v) is 7.20. The van der Waals surface area contributed by atoms with Crippen molar-refractivity contribution in [3.05, 3.63) is 23.8 Å². The topological polar surface area (TPSA) is 63.6 Å². The molecule has 1 N–H and O–H groups in total. The van der Waals surface area contributed by atoms with Crippen molar-refractivity contribution < 1.29 is 28.2 Å². The van der Waals surface area contributed by atoms with Gasteiger partial charge in [-0.05, 0) is 61.2 Å². The molecule has 0 heterocycles. The van der Waals surface area contributed by atoms with E-state index in [1.54, 1.807) is 6.92 Å². The van der Waals surface area contributed by atoms with Gasteiger partial charge in [-0.25, -0.2) is 8.78 Å². The van der Waals surface area contributed by atoms with E-state index in [2.05, 4.69) is 0 Å². The number of esters is 1. The lowest BCUT2D eigenvalue weighted by Crippen LogP contribution is -2.68. The Morgan fingerprint density at radius 1 is 1.29 bits per heavy atom. The zero-order valence-electron chi connectivity index (χ0n) is 16.7. The number of carbonyl (C=O) groups excluding carboxylic acids is 2. The molecule has 28 heavy (non-hydrogen) atoms. The molecule has 4 aliphatic rings. The number of halogens is 2. The highest BCUT2D eigenvalue weighted by molar-refractivity contribution is 6.01. The van der Waals surface area contributed by atoms with Crippen LogP contribution < -0.4 is 0 Å². The summed E-state index contributed by atoms with van der Waals surface area (Å²) in [5.74, 6) is -2.18. The lowest BCUT2D eigenvalue weighted by Gasteiger charge is -2.62. The first kappa shape index (κ1) is 19.7. The molecule has 0 radical (unpaired) electrons. The molecule has 3 fully saturated rings. The molecule has 0 aliphatic heterocycles. The first-order chi connectivity index (χ1) is 13.0. The molecule has 0 aromatic heterocycles. The molecule has 0 spiro atoms. The van der Waals surface area contributed by atoms with Gasteiger partial charge in [0.15, 0.2) is 11.5 Å². The smallest absolute Gasteiger partial charge is 0.309 e. The van der Waals surface area contributed by atoms with Crippen LogP contribution in [0.5, 0.6) is 0 Å². The van der Waals surface area contributed by atoms with Crippen LogP contribution in [0.3, 0.4) is 0 Å². The number of aliphatic hydroxyl groups excluding tert-OH is 1. The van der Waals surface area contributed by atoms with Gasteiger partial charge in [0.1, 0.15) is 6.17 Å². The van der Waals surface area contributed by atoms with Crippen LogP contribution in [0.4, 0.5) is 8.78 Å². The number of aliphatic hydroxyl groups is 1. The number of ketones is 1. The first-order valence-corrected chi connectivity index (χ1v) is 10.0. The molecule has 9 atom stereocenters.